The Balaban J connectivity index is 1.84. The summed E-state index contributed by atoms with van der Waals surface area (Å²) in [5.41, 5.74) is 0. The predicted molar refractivity (Wildman–Crippen MR) is 225 cm³/mol. The molecule has 0 atom stereocenters. The molecule has 264 valence electrons. The normalized spacial score (nSPS) is 16.8. The first kappa shape index (κ1) is 36.7. The van der Waals surface area contributed by atoms with Crippen molar-refractivity contribution >= 4 is 48.6 Å². The quantitative estimate of drug-likeness (QED) is 0.0870. The van der Waals surface area contributed by atoms with Crippen molar-refractivity contribution in [2.24, 2.45) is 12.7 Å². The number of hydrogen-bond acceptors (Lipinski definition) is 4. The molecule has 6 aromatic carbocycles. The van der Waals surface area contributed by atoms with Gasteiger partial charge in [0.1, 0.15) is 0 Å². The topological polar surface area (TPSA) is 49.4 Å². The first-order chi connectivity index (χ1) is 25.6. The van der Waals surface area contributed by atoms with Gasteiger partial charge in [0.15, 0.2) is 0 Å². The van der Waals surface area contributed by atoms with Crippen molar-refractivity contribution in [2.75, 3.05) is 0 Å². The summed E-state index contributed by atoms with van der Waals surface area (Å²) in [4.78, 5) is 6.84. The molecule has 0 spiro atoms. The molecule has 0 saturated heterocycles. The van der Waals surface area contributed by atoms with Gasteiger partial charge >= 0.3 is 321 Å². The summed E-state index contributed by atoms with van der Waals surface area (Å²) in [6.45, 7) is 4.61. The second-order valence-electron chi connectivity index (χ2n) is 13.0. The zero-order valence-electron chi connectivity index (χ0n) is 30.1. The van der Waals surface area contributed by atoms with Gasteiger partial charge in [-0.1, -0.05) is 0 Å². The molecule has 0 saturated carbocycles. The van der Waals surface area contributed by atoms with Crippen LogP contribution in [-0.4, -0.2) is 18.9 Å². The summed E-state index contributed by atoms with van der Waals surface area (Å²) in [5, 5.41) is 0. The standard InChI is InChI=1S/C36H30N4S3.2C4H9.Sn/c37-41(31-19-7-1-8-20-31,32-21-9-2-10-22-32)39-43(35-27-15-5-16-28-35,36-29-17-6-18-30-36)40-42(38,33-23-11-3-12-24-33)34-25-13-4-14-26-34;2*1-3-4-2;/h1-30H;2*1,3-4H2,2H3;/q;;;+2. The van der Waals surface area contributed by atoms with Gasteiger partial charge in [0.25, 0.3) is 0 Å². The van der Waals surface area contributed by atoms with E-state index in [1.807, 2.05) is 0 Å². The molecular formula is C44H48N4S3Sn+2. The Morgan fingerprint density at radius 1 is 0.404 bits per heavy atom. The molecular weight excluding hydrogens is 799 g/mol. The van der Waals surface area contributed by atoms with Crippen LogP contribution >= 0.6 is 0 Å². The number of hydrogen-bond donors (Lipinski definition) is 0. The third kappa shape index (κ3) is 7.30. The van der Waals surface area contributed by atoms with E-state index in [1.54, 1.807) is 0 Å². The molecule has 0 unspecified atom stereocenters. The van der Waals surface area contributed by atoms with Crippen LogP contribution in [0.15, 0.2) is 224 Å². The van der Waals surface area contributed by atoms with Crippen molar-refractivity contribution in [1.29, 1.82) is 0 Å². The van der Waals surface area contributed by atoms with E-state index in [4.69, 9.17) is 12.7 Å². The Bertz CT molecular complexity index is 2050. The third-order valence-corrected chi connectivity index (χ3v) is 36.5. The molecule has 4 nitrogen and oxygen atoms in total. The van der Waals surface area contributed by atoms with E-state index >= 15 is 0 Å². The molecule has 0 N–H and O–H groups in total. The maximum atomic E-state index is 6.55. The van der Waals surface area contributed by atoms with E-state index in [1.165, 1.54) is 0 Å². The molecule has 0 radical (unpaired) electrons. The van der Waals surface area contributed by atoms with Crippen molar-refractivity contribution in [2.45, 2.75) is 77.8 Å². The first-order valence-corrected chi connectivity index (χ1v) is 29.6. The zero-order valence-corrected chi connectivity index (χ0v) is 35.4. The molecule has 0 amide bonds. The summed E-state index contributed by atoms with van der Waals surface area (Å²) in [6.07, 6.45) is 4.40. The fraction of sp³-hybridized carbons (Fsp3) is 0.182. The van der Waals surface area contributed by atoms with Crippen LogP contribution in [0.4, 0.5) is 0 Å². The molecule has 0 bridgehead atoms. The summed E-state index contributed by atoms with van der Waals surface area (Å²) in [5.74, 6) is 0. The number of nitrogens with zero attached hydrogens (tertiary/aromatic N) is 4. The van der Waals surface area contributed by atoms with E-state index in [-0.39, 0.29) is 0 Å². The van der Waals surface area contributed by atoms with Gasteiger partial charge in [0, 0.05) is 0 Å². The zero-order chi connectivity index (χ0) is 35.7. The molecule has 0 aliphatic carbocycles. The van der Waals surface area contributed by atoms with Crippen molar-refractivity contribution in [3.8, 4) is 0 Å². The van der Waals surface area contributed by atoms with Gasteiger partial charge in [-0.15, -0.1) is 0 Å². The minimum absolute atomic E-state index is 1.04. The summed E-state index contributed by atoms with van der Waals surface area (Å²) in [6, 6.07) is 65.5. The van der Waals surface area contributed by atoms with Crippen LogP contribution in [0.2, 0.25) is 8.87 Å². The molecule has 0 aromatic heterocycles. The van der Waals surface area contributed by atoms with Gasteiger partial charge in [0.2, 0.25) is 0 Å². The number of rotatable bonds is 12. The van der Waals surface area contributed by atoms with Crippen molar-refractivity contribution in [1.82, 2.24) is 0 Å². The number of unbranched alkanes of at least 4 members (excludes halogenated alkanes) is 2. The fourth-order valence-corrected chi connectivity index (χ4v) is 42.2. The molecule has 1 heterocycles. The second-order valence-corrected chi connectivity index (χ2v) is 32.3. The molecule has 7 rings (SSSR count). The average Bonchev–Trinajstić information content (AvgIpc) is 3.22. The Morgan fingerprint density at radius 3 is 0.942 bits per heavy atom. The fourth-order valence-electron chi connectivity index (χ4n) is 6.72. The van der Waals surface area contributed by atoms with E-state index in [0.29, 0.717) is 0 Å². The van der Waals surface area contributed by atoms with Crippen LogP contribution in [0.5, 0.6) is 0 Å². The van der Waals surface area contributed by atoms with Gasteiger partial charge in [-0.25, -0.2) is 0 Å². The van der Waals surface area contributed by atoms with Crippen molar-refractivity contribution in [3.05, 3.63) is 182 Å². The molecule has 1 aliphatic heterocycles. The minimum atomic E-state index is -4.04. The predicted octanol–water partition coefficient (Wildman–Crippen LogP) is 13.4. The van der Waals surface area contributed by atoms with Gasteiger partial charge in [-0.05, 0) is 0 Å². The Morgan fingerprint density at radius 2 is 0.673 bits per heavy atom. The van der Waals surface area contributed by atoms with Crippen LogP contribution in [0.25, 0.3) is 0 Å². The van der Waals surface area contributed by atoms with Gasteiger partial charge in [0.05, 0.1) is 0 Å². The third-order valence-electron chi connectivity index (χ3n) is 9.33. The van der Waals surface area contributed by atoms with Crippen LogP contribution in [-0.2, 0) is 29.6 Å². The average molecular weight is 848 g/mol. The summed E-state index contributed by atoms with van der Waals surface area (Å²) in [7, 11) is -7.33. The van der Waals surface area contributed by atoms with Gasteiger partial charge < -0.3 is 0 Å². The van der Waals surface area contributed by atoms with E-state index in [0.717, 1.165) is 63.9 Å². The van der Waals surface area contributed by atoms with Crippen LogP contribution < -0.4 is 0 Å². The van der Waals surface area contributed by atoms with Gasteiger partial charge in [-0.3, -0.25) is 0 Å². The van der Waals surface area contributed by atoms with E-state index in [9.17, 15) is 0 Å². The van der Waals surface area contributed by atoms with Crippen molar-refractivity contribution in [3.63, 3.8) is 0 Å². The molecule has 6 aromatic rings. The second kappa shape index (κ2) is 16.6. The van der Waals surface area contributed by atoms with Crippen LogP contribution in [0.3, 0.4) is 0 Å². The van der Waals surface area contributed by atoms with E-state index < -0.39 is 48.6 Å². The van der Waals surface area contributed by atoms with Crippen molar-refractivity contribution < 1.29 is 0 Å². The monoisotopic (exact) mass is 848 g/mol. The summed E-state index contributed by atoms with van der Waals surface area (Å²) >= 11 is -4.04. The Kier molecular flexibility index (Phi) is 11.7. The molecule has 1 aliphatic rings. The number of benzene rings is 6. The Labute approximate surface area is 318 Å². The van der Waals surface area contributed by atoms with Crippen LogP contribution in [0.1, 0.15) is 39.5 Å². The molecule has 0 fully saturated rings. The molecule has 8 heteroatoms. The van der Waals surface area contributed by atoms with E-state index in [2.05, 4.69) is 196 Å². The molecule has 52 heavy (non-hydrogen) atoms. The summed E-state index contributed by atoms with van der Waals surface area (Å²) < 4.78 is 28.1. The maximum absolute atomic E-state index is 6.55. The first-order valence-electron chi connectivity index (χ1n) is 18.4. The SMILES string of the molecule is CCC[CH2][Sn]1([CH2]CCC)[N]=[S+](c2ccccc2)(c2ccccc2)N=S(c2ccccc2)(c2ccccc2)=N[S+](c2ccccc2)(c2ccccc2)=[N]1. The van der Waals surface area contributed by atoms with Gasteiger partial charge in [-0.2, -0.15) is 0 Å². The van der Waals surface area contributed by atoms with Crippen LogP contribution in [0, 0.1) is 0 Å². The Hall–Kier alpha value is -3.63.